The highest BCUT2D eigenvalue weighted by atomic mass is 35.5. The summed E-state index contributed by atoms with van der Waals surface area (Å²) in [5.41, 5.74) is 0.354. The molecule has 2 rings (SSSR count). The van der Waals surface area contributed by atoms with Crippen molar-refractivity contribution in [1.29, 1.82) is 0 Å². The molecule has 0 atom stereocenters. The average Bonchev–Trinajstić information content (AvgIpc) is 2.40. The molecule has 2 aromatic carbocycles. The Morgan fingerprint density at radius 2 is 2.05 bits per heavy atom. The first-order valence-corrected chi connectivity index (χ1v) is 5.94. The summed E-state index contributed by atoms with van der Waals surface area (Å²) in [6, 6.07) is 8.34. The van der Waals surface area contributed by atoms with Gasteiger partial charge in [0.1, 0.15) is 22.3 Å². The van der Waals surface area contributed by atoms with Crippen LogP contribution in [0.3, 0.4) is 0 Å². The summed E-state index contributed by atoms with van der Waals surface area (Å²) in [5.74, 6) is -0.229. The Bertz CT molecular complexity index is 664. The number of hydrogen-bond donors (Lipinski definition) is 1. The van der Waals surface area contributed by atoms with Crippen LogP contribution in [0, 0.1) is 15.9 Å². The van der Waals surface area contributed by atoms with Crippen LogP contribution in [0.4, 0.5) is 21.5 Å². The molecule has 2 aromatic rings. The van der Waals surface area contributed by atoms with Gasteiger partial charge in [-0.3, -0.25) is 10.1 Å². The second kappa shape index (κ2) is 5.75. The zero-order chi connectivity index (χ0) is 14.7. The topological polar surface area (TPSA) is 64.4 Å². The van der Waals surface area contributed by atoms with Gasteiger partial charge in [0, 0.05) is 6.07 Å². The van der Waals surface area contributed by atoms with E-state index >= 15 is 0 Å². The third-order valence-corrected chi connectivity index (χ3v) is 2.91. The van der Waals surface area contributed by atoms with Crippen molar-refractivity contribution in [3.8, 4) is 5.75 Å². The van der Waals surface area contributed by atoms with E-state index in [1.54, 1.807) is 6.07 Å². The predicted molar refractivity (Wildman–Crippen MR) is 74.3 cm³/mol. The van der Waals surface area contributed by atoms with Crippen molar-refractivity contribution < 1.29 is 14.1 Å². The van der Waals surface area contributed by atoms with Crippen molar-refractivity contribution in [3.63, 3.8) is 0 Å². The summed E-state index contributed by atoms with van der Waals surface area (Å²) in [5, 5.41) is 13.9. The third-order valence-electron chi connectivity index (χ3n) is 2.60. The molecule has 104 valence electrons. The highest BCUT2D eigenvalue weighted by molar-refractivity contribution is 6.33. The van der Waals surface area contributed by atoms with E-state index in [0.29, 0.717) is 5.69 Å². The van der Waals surface area contributed by atoms with Crippen molar-refractivity contribution in [3.05, 3.63) is 57.4 Å². The van der Waals surface area contributed by atoms with E-state index in [2.05, 4.69) is 5.32 Å². The zero-order valence-corrected chi connectivity index (χ0v) is 11.1. The fourth-order valence-corrected chi connectivity index (χ4v) is 1.96. The minimum Gasteiger partial charge on any atom is -0.494 e. The van der Waals surface area contributed by atoms with Gasteiger partial charge in [0.05, 0.1) is 17.7 Å². The maximum absolute atomic E-state index is 13.1. The van der Waals surface area contributed by atoms with E-state index < -0.39 is 10.7 Å². The third kappa shape index (κ3) is 2.80. The molecule has 0 amide bonds. The SMILES string of the molecule is COc1cc(F)ccc1Nc1cccc(Cl)c1[N+](=O)[O-]. The first kappa shape index (κ1) is 14.1. The molecule has 0 saturated carbocycles. The number of nitrogens with one attached hydrogen (secondary N) is 1. The molecule has 0 aliphatic rings. The fraction of sp³-hybridized carbons (Fsp3) is 0.0769. The normalized spacial score (nSPS) is 10.2. The smallest absolute Gasteiger partial charge is 0.311 e. The van der Waals surface area contributed by atoms with Crippen LogP contribution < -0.4 is 10.1 Å². The van der Waals surface area contributed by atoms with Gasteiger partial charge in [-0.2, -0.15) is 0 Å². The number of nitro groups is 1. The Kier molecular flexibility index (Phi) is 4.05. The number of nitro benzene ring substituents is 1. The minimum absolute atomic E-state index is 0.0149. The second-order valence-corrected chi connectivity index (χ2v) is 4.27. The van der Waals surface area contributed by atoms with Crippen LogP contribution >= 0.6 is 11.6 Å². The molecule has 1 N–H and O–H groups in total. The number of ether oxygens (including phenoxy) is 1. The van der Waals surface area contributed by atoms with E-state index in [-0.39, 0.29) is 22.1 Å². The summed E-state index contributed by atoms with van der Waals surface area (Å²) in [6.45, 7) is 0. The molecule has 0 aromatic heterocycles. The Morgan fingerprint density at radius 3 is 2.70 bits per heavy atom. The molecule has 0 unspecified atom stereocenters. The van der Waals surface area contributed by atoms with Gasteiger partial charge in [0.2, 0.25) is 0 Å². The van der Waals surface area contributed by atoms with E-state index in [1.807, 2.05) is 0 Å². The number of anilines is 2. The lowest BCUT2D eigenvalue weighted by Gasteiger charge is -2.11. The number of hydrogen-bond acceptors (Lipinski definition) is 4. The molecule has 0 spiro atoms. The van der Waals surface area contributed by atoms with Crippen molar-refractivity contribution >= 4 is 28.7 Å². The van der Waals surface area contributed by atoms with Crippen molar-refractivity contribution in [1.82, 2.24) is 0 Å². The number of nitrogens with zero attached hydrogens (tertiary/aromatic N) is 1. The van der Waals surface area contributed by atoms with Gasteiger partial charge < -0.3 is 10.1 Å². The van der Waals surface area contributed by atoms with Gasteiger partial charge in [-0.25, -0.2) is 4.39 Å². The molecule has 0 radical (unpaired) electrons. The molecule has 0 heterocycles. The number of halogens is 2. The van der Waals surface area contributed by atoms with E-state index in [0.717, 1.165) is 0 Å². The maximum Gasteiger partial charge on any atom is 0.311 e. The molecule has 0 aliphatic carbocycles. The lowest BCUT2D eigenvalue weighted by Crippen LogP contribution is -1.99. The molecular weight excluding hydrogens is 287 g/mol. The number of benzene rings is 2. The lowest BCUT2D eigenvalue weighted by atomic mass is 10.2. The fourth-order valence-electron chi connectivity index (χ4n) is 1.72. The van der Waals surface area contributed by atoms with Gasteiger partial charge in [-0.15, -0.1) is 0 Å². The monoisotopic (exact) mass is 296 g/mol. The van der Waals surface area contributed by atoms with Crippen molar-refractivity contribution in [2.24, 2.45) is 0 Å². The minimum atomic E-state index is -0.583. The van der Waals surface area contributed by atoms with Crippen LogP contribution in [0.1, 0.15) is 0 Å². The van der Waals surface area contributed by atoms with Gasteiger partial charge in [0.15, 0.2) is 0 Å². The van der Waals surface area contributed by atoms with Gasteiger partial charge in [-0.1, -0.05) is 17.7 Å². The van der Waals surface area contributed by atoms with Crippen LogP contribution in [-0.2, 0) is 0 Å². The number of rotatable bonds is 4. The highest BCUT2D eigenvalue weighted by Gasteiger charge is 2.19. The first-order chi connectivity index (χ1) is 9.52. The molecule has 0 bridgehead atoms. The zero-order valence-electron chi connectivity index (χ0n) is 10.4. The standard InChI is InChI=1S/C13H10ClFN2O3/c1-20-12-7-8(15)5-6-10(12)16-11-4-2-3-9(14)13(11)17(18)19/h2-7,16H,1H3. The van der Waals surface area contributed by atoms with Crippen LogP contribution in [0.2, 0.25) is 5.02 Å². The quantitative estimate of drug-likeness (QED) is 0.680. The highest BCUT2D eigenvalue weighted by Crippen LogP contribution is 2.36. The maximum atomic E-state index is 13.1. The Morgan fingerprint density at radius 1 is 1.30 bits per heavy atom. The molecule has 5 nitrogen and oxygen atoms in total. The summed E-state index contributed by atoms with van der Waals surface area (Å²) in [4.78, 5) is 10.4. The summed E-state index contributed by atoms with van der Waals surface area (Å²) in [7, 11) is 1.38. The Balaban J connectivity index is 2.45. The lowest BCUT2D eigenvalue weighted by molar-refractivity contribution is -0.383. The molecule has 20 heavy (non-hydrogen) atoms. The molecule has 0 fully saturated rings. The largest absolute Gasteiger partial charge is 0.494 e. The number of para-hydroxylation sites is 1. The number of methoxy groups -OCH3 is 1. The Hall–Kier alpha value is -2.34. The molecular formula is C13H10ClFN2O3. The van der Waals surface area contributed by atoms with E-state index in [9.17, 15) is 14.5 Å². The molecule has 0 saturated heterocycles. The van der Waals surface area contributed by atoms with Gasteiger partial charge in [-0.05, 0) is 24.3 Å². The van der Waals surface area contributed by atoms with Crippen LogP contribution in [0.5, 0.6) is 5.75 Å². The van der Waals surface area contributed by atoms with E-state index in [1.165, 1.54) is 37.4 Å². The average molecular weight is 297 g/mol. The van der Waals surface area contributed by atoms with Crippen LogP contribution in [0.15, 0.2) is 36.4 Å². The van der Waals surface area contributed by atoms with Crippen LogP contribution in [-0.4, -0.2) is 12.0 Å². The van der Waals surface area contributed by atoms with Crippen molar-refractivity contribution in [2.75, 3.05) is 12.4 Å². The second-order valence-electron chi connectivity index (χ2n) is 3.86. The van der Waals surface area contributed by atoms with Gasteiger partial charge >= 0.3 is 5.69 Å². The summed E-state index contributed by atoms with van der Waals surface area (Å²) < 4.78 is 18.1. The Labute approximate surface area is 119 Å². The summed E-state index contributed by atoms with van der Waals surface area (Å²) in [6.07, 6.45) is 0. The molecule has 7 heteroatoms. The predicted octanol–water partition coefficient (Wildman–Crippen LogP) is 4.14. The van der Waals surface area contributed by atoms with Crippen molar-refractivity contribution in [2.45, 2.75) is 0 Å². The van der Waals surface area contributed by atoms with Gasteiger partial charge in [0.25, 0.3) is 0 Å². The van der Waals surface area contributed by atoms with E-state index in [4.69, 9.17) is 16.3 Å². The first-order valence-electron chi connectivity index (χ1n) is 5.56. The summed E-state index contributed by atoms with van der Waals surface area (Å²) >= 11 is 5.82. The molecule has 0 aliphatic heterocycles. The van der Waals surface area contributed by atoms with Crippen LogP contribution in [0.25, 0.3) is 0 Å².